The molecule has 0 aromatic carbocycles. The highest BCUT2D eigenvalue weighted by Crippen LogP contribution is 2.35. The fourth-order valence-corrected chi connectivity index (χ4v) is 1.50. The van der Waals surface area contributed by atoms with Crippen LogP contribution in [0.1, 0.15) is 19.3 Å². The van der Waals surface area contributed by atoms with E-state index in [1.807, 2.05) is 4.90 Å². The lowest BCUT2D eigenvalue weighted by Crippen LogP contribution is -2.29. The molecular weight excluding hydrogens is 142 g/mol. The summed E-state index contributed by atoms with van der Waals surface area (Å²) in [6.07, 6.45) is 2.43. The topological polar surface area (TPSA) is 40.5 Å². The fourth-order valence-electron chi connectivity index (χ4n) is 1.50. The van der Waals surface area contributed by atoms with E-state index in [0.29, 0.717) is 12.3 Å². The predicted octanol–water partition coefficient (Wildman–Crippen LogP) is -0.0521. The second kappa shape index (κ2) is 2.48. The fraction of sp³-hybridized carbons (Fsp3) is 0.750. The highest BCUT2D eigenvalue weighted by molar-refractivity contribution is 5.95. The minimum absolute atomic E-state index is 0.0926. The largest absolute Gasteiger partial charge is 0.392 e. The Labute approximate surface area is 66.0 Å². The number of amides is 1. The summed E-state index contributed by atoms with van der Waals surface area (Å²) in [5.74, 6) is 0.807. The normalized spacial score (nSPS) is 31.0. The molecule has 1 radical (unpaired) electrons. The molecule has 1 aliphatic heterocycles. The summed E-state index contributed by atoms with van der Waals surface area (Å²) in [5, 5.41) is 8.97. The SMILES string of the molecule is O=C([C]1CC1O)N1CCCC1. The molecule has 11 heavy (non-hydrogen) atoms. The summed E-state index contributed by atoms with van der Waals surface area (Å²) in [6, 6.07) is 0. The van der Waals surface area contributed by atoms with Crippen molar-refractivity contribution in [1.82, 2.24) is 4.90 Å². The van der Waals surface area contributed by atoms with Crippen molar-refractivity contribution in [3.8, 4) is 0 Å². The van der Waals surface area contributed by atoms with E-state index >= 15 is 0 Å². The molecular formula is C8H12NO2. The van der Waals surface area contributed by atoms with Gasteiger partial charge in [0, 0.05) is 13.1 Å². The predicted molar refractivity (Wildman–Crippen MR) is 39.7 cm³/mol. The van der Waals surface area contributed by atoms with E-state index in [4.69, 9.17) is 5.11 Å². The van der Waals surface area contributed by atoms with Gasteiger partial charge in [-0.05, 0) is 19.3 Å². The Morgan fingerprint density at radius 1 is 1.45 bits per heavy atom. The van der Waals surface area contributed by atoms with Crippen molar-refractivity contribution in [3.05, 3.63) is 5.92 Å². The first-order valence-electron chi connectivity index (χ1n) is 4.12. The van der Waals surface area contributed by atoms with E-state index < -0.39 is 6.10 Å². The van der Waals surface area contributed by atoms with Gasteiger partial charge >= 0.3 is 0 Å². The number of likely N-dealkylation sites (tertiary alicyclic amines) is 1. The number of carbonyl (C=O) groups is 1. The molecule has 0 bridgehead atoms. The highest BCUT2D eigenvalue weighted by atomic mass is 16.3. The molecule has 1 saturated heterocycles. The zero-order valence-electron chi connectivity index (χ0n) is 6.42. The molecule has 2 fully saturated rings. The van der Waals surface area contributed by atoms with Crippen LogP contribution in [0.15, 0.2) is 0 Å². The molecule has 1 heterocycles. The maximum Gasteiger partial charge on any atom is 0.232 e. The average Bonchev–Trinajstić information content (AvgIpc) is 2.56. The minimum Gasteiger partial charge on any atom is -0.392 e. The van der Waals surface area contributed by atoms with Crippen LogP contribution in [0.3, 0.4) is 0 Å². The molecule has 3 nitrogen and oxygen atoms in total. The summed E-state index contributed by atoms with van der Waals surface area (Å²) in [6.45, 7) is 1.77. The second-order valence-corrected chi connectivity index (χ2v) is 3.24. The van der Waals surface area contributed by atoms with E-state index in [1.165, 1.54) is 0 Å². The van der Waals surface area contributed by atoms with Gasteiger partial charge in [0.2, 0.25) is 5.91 Å². The Balaban J connectivity index is 1.89. The number of hydrogen-bond donors (Lipinski definition) is 1. The van der Waals surface area contributed by atoms with Gasteiger partial charge in [-0.25, -0.2) is 0 Å². The number of hydrogen-bond acceptors (Lipinski definition) is 2. The Hall–Kier alpha value is -0.570. The standard InChI is InChI=1S/C8H12NO2/c10-7-5-6(7)8(11)9-3-1-2-4-9/h7,10H,1-5H2. The molecule has 0 aromatic rings. The van der Waals surface area contributed by atoms with Gasteiger partial charge in [0.05, 0.1) is 12.0 Å². The van der Waals surface area contributed by atoms with Crippen LogP contribution in [0.25, 0.3) is 0 Å². The monoisotopic (exact) mass is 154 g/mol. The lowest BCUT2D eigenvalue weighted by molar-refractivity contribution is -0.127. The van der Waals surface area contributed by atoms with Crippen LogP contribution in [0.4, 0.5) is 0 Å². The molecule has 1 saturated carbocycles. The van der Waals surface area contributed by atoms with E-state index in [9.17, 15) is 4.79 Å². The van der Waals surface area contributed by atoms with E-state index in [-0.39, 0.29) is 5.91 Å². The molecule has 1 unspecified atom stereocenters. The average molecular weight is 154 g/mol. The molecule has 0 aromatic heterocycles. The van der Waals surface area contributed by atoms with Gasteiger partial charge < -0.3 is 10.0 Å². The third-order valence-corrected chi connectivity index (χ3v) is 2.32. The van der Waals surface area contributed by atoms with Crippen LogP contribution in [0.5, 0.6) is 0 Å². The second-order valence-electron chi connectivity index (χ2n) is 3.24. The van der Waals surface area contributed by atoms with Gasteiger partial charge in [0.1, 0.15) is 0 Å². The van der Waals surface area contributed by atoms with Gasteiger partial charge in [-0.1, -0.05) is 0 Å². The first-order valence-corrected chi connectivity index (χ1v) is 4.12. The Morgan fingerprint density at radius 2 is 2.00 bits per heavy atom. The summed E-state index contributed by atoms with van der Waals surface area (Å²) in [7, 11) is 0. The first kappa shape index (κ1) is 7.10. The molecule has 0 spiro atoms. The summed E-state index contributed by atoms with van der Waals surface area (Å²) >= 11 is 0. The third-order valence-electron chi connectivity index (χ3n) is 2.32. The van der Waals surface area contributed by atoms with E-state index in [2.05, 4.69) is 0 Å². The summed E-state index contributed by atoms with van der Waals surface area (Å²) < 4.78 is 0. The first-order chi connectivity index (χ1) is 5.29. The molecule has 1 aliphatic carbocycles. The maximum atomic E-state index is 11.3. The van der Waals surface area contributed by atoms with Crippen molar-refractivity contribution < 1.29 is 9.90 Å². The molecule has 2 aliphatic rings. The Morgan fingerprint density at radius 3 is 2.45 bits per heavy atom. The zero-order valence-corrected chi connectivity index (χ0v) is 6.42. The van der Waals surface area contributed by atoms with Gasteiger partial charge in [0.15, 0.2) is 0 Å². The molecule has 2 rings (SSSR count). The van der Waals surface area contributed by atoms with Crippen molar-refractivity contribution in [2.45, 2.75) is 25.4 Å². The summed E-state index contributed by atoms with van der Waals surface area (Å²) in [4.78, 5) is 13.2. The number of aliphatic hydroxyl groups is 1. The Bertz CT molecular complexity index is 175. The van der Waals surface area contributed by atoms with Crippen LogP contribution < -0.4 is 0 Å². The Kier molecular flexibility index (Phi) is 1.60. The quantitative estimate of drug-likeness (QED) is 0.575. The molecule has 1 amide bonds. The zero-order chi connectivity index (χ0) is 7.84. The van der Waals surface area contributed by atoms with Crippen molar-refractivity contribution >= 4 is 5.91 Å². The lowest BCUT2D eigenvalue weighted by atomic mass is 10.3. The molecule has 1 N–H and O–H groups in total. The van der Waals surface area contributed by atoms with Crippen molar-refractivity contribution in [2.75, 3.05) is 13.1 Å². The highest BCUT2D eigenvalue weighted by Gasteiger charge is 2.45. The van der Waals surface area contributed by atoms with Crippen LogP contribution in [0, 0.1) is 5.92 Å². The number of carbonyl (C=O) groups excluding carboxylic acids is 1. The van der Waals surface area contributed by atoms with Gasteiger partial charge in [0.25, 0.3) is 0 Å². The number of rotatable bonds is 1. The molecule has 1 atom stereocenters. The number of aliphatic hydroxyl groups excluding tert-OH is 1. The molecule has 61 valence electrons. The maximum absolute atomic E-state index is 11.3. The smallest absolute Gasteiger partial charge is 0.232 e. The minimum atomic E-state index is -0.414. The van der Waals surface area contributed by atoms with Gasteiger partial charge in [-0.2, -0.15) is 0 Å². The van der Waals surface area contributed by atoms with Crippen molar-refractivity contribution in [2.24, 2.45) is 0 Å². The lowest BCUT2D eigenvalue weighted by Gasteiger charge is -2.13. The van der Waals surface area contributed by atoms with Crippen LogP contribution >= 0.6 is 0 Å². The van der Waals surface area contributed by atoms with Crippen molar-refractivity contribution in [3.63, 3.8) is 0 Å². The van der Waals surface area contributed by atoms with Crippen LogP contribution in [-0.2, 0) is 4.79 Å². The third kappa shape index (κ3) is 1.25. The van der Waals surface area contributed by atoms with E-state index in [0.717, 1.165) is 25.9 Å². The number of nitrogens with zero attached hydrogens (tertiary/aromatic N) is 1. The van der Waals surface area contributed by atoms with Gasteiger partial charge in [-0.3, -0.25) is 4.79 Å². The molecule has 3 heteroatoms. The van der Waals surface area contributed by atoms with Gasteiger partial charge in [-0.15, -0.1) is 0 Å². The van der Waals surface area contributed by atoms with Crippen LogP contribution in [0.2, 0.25) is 0 Å². The van der Waals surface area contributed by atoms with Crippen LogP contribution in [-0.4, -0.2) is 35.1 Å². The van der Waals surface area contributed by atoms with E-state index in [1.54, 1.807) is 0 Å². The summed E-state index contributed by atoms with van der Waals surface area (Å²) in [5.41, 5.74) is 0. The van der Waals surface area contributed by atoms with Crippen molar-refractivity contribution in [1.29, 1.82) is 0 Å².